The van der Waals surface area contributed by atoms with Crippen molar-refractivity contribution in [3.05, 3.63) is 59.8 Å². The van der Waals surface area contributed by atoms with Crippen molar-refractivity contribution in [1.29, 1.82) is 0 Å². The molecule has 3 rings (SSSR count). The van der Waals surface area contributed by atoms with E-state index in [4.69, 9.17) is 14.2 Å². The van der Waals surface area contributed by atoms with Crippen LogP contribution in [0, 0.1) is 6.92 Å². The van der Waals surface area contributed by atoms with Crippen LogP contribution in [0.1, 0.15) is 15.9 Å². The fourth-order valence-corrected chi connectivity index (χ4v) is 2.81. The molecule has 0 saturated carbocycles. The first-order valence-corrected chi connectivity index (χ1v) is 8.87. The van der Waals surface area contributed by atoms with Gasteiger partial charge in [0.1, 0.15) is 5.75 Å². The van der Waals surface area contributed by atoms with Gasteiger partial charge in [-0.15, -0.1) is 0 Å². The molecule has 0 unspecified atom stereocenters. The summed E-state index contributed by atoms with van der Waals surface area (Å²) < 4.78 is 16.6. The first-order valence-electron chi connectivity index (χ1n) is 8.87. The van der Waals surface area contributed by atoms with Crippen LogP contribution in [0.4, 0.5) is 11.6 Å². The van der Waals surface area contributed by atoms with Gasteiger partial charge in [0.2, 0.25) is 11.8 Å². The summed E-state index contributed by atoms with van der Waals surface area (Å²) in [5, 5.41) is 5.72. The second-order valence-corrected chi connectivity index (χ2v) is 6.05. The van der Waals surface area contributed by atoms with Crippen molar-refractivity contribution < 1.29 is 19.0 Å². The highest BCUT2D eigenvalue weighted by Gasteiger charge is 2.13. The van der Waals surface area contributed by atoms with Gasteiger partial charge >= 0.3 is 0 Å². The normalized spacial score (nSPS) is 10.2. The van der Waals surface area contributed by atoms with Crippen molar-refractivity contribution in [3.8, 4) is 23.1 Å². The van der Waals surface area contributed by atoms with Crippen LogP contribution in [0.3, 0.4) is 0 Å². The molecule has 150 valence electrons. The largest absolute Gasteiger partial charge is 0.493 e. The lowest BCUT2D eigenvalue weighted by Gasteiger charge is -2.14. The number of para-hydroxylation sites is 1. The Balaban J connectivity index is 1.85. The summed E-state index contributed by atoms with van der Waals surface area (Å²) in [6, 6.07) is 12.3. The topological polar surface area (TPSA) is 94.6 Å². The lowest BCUT2D eigenvalue weighted by Crippen LogP contribution is -2.18. The number of carbonyl (C=O) groups excluding carboxylic acids is 1. The molecule has 3 aromatic rings. The van der Waals surface area contributed by atoms with Crippen molar-refractivity contribution in [2.75, 3.05) is 26.6 Å². The summed E-state index contributed by atoms with van der Waals surface area (Å²) in [6.45, 7) is 1.92. The molecule has 1 heterocycles. The lowest BCUT2D eigenvalue weighted by atomic mass is 10.2. The molecule has 8 nitrogen and oxygen atoms in total. The van der Waals surface area contributed by atoms with Crippen LogP contribution in [-0.4, -0.2) is 37.1 Å². The number of aromatic nitrogens is 2. The third kappa shape index (κ3) is 4.55. The molecule has 0 aliphatic heterocycles. The number of benzene rings is 2. The van der Waals surface area contributed by atoms with Crippen LogP contribution in [0.5, 0.6) is 23.1 Å². The highest BCUT2D eigenvalue weighted by Crippen LogP contribution is 2.34. The van der Waals surface area contributed by atoms with Gasteiger partial charge in [0.15, 0.2) is 11.5 Å². The molecule has 0 bridgehead atoms. The summed E-state index contributed by atoms with van der Waals surface area (Å²) in [7, 11) is 4.74. The Morgan fingerprint density at radius 1 is 1.03 bits per heavy atom. The van der Waals surface area contributed by atoms with E-state index in [1.807, 2.05) is 13.0 Å². The van der Waals surface area contributed by atoms with E-state index < -0.39 is 0 Å². The Labute approximate surface area is 168 Å². The zero-order valence-corrected chi connectivity index (χ0v) is 16.6. The summed E-state index contributed by atoms with van der Waals surface area (Å²) in [5.74, 6) is 2.07. The van der Waals surface area contributed by atoms with E-state index in [9.17, 15) is 4.79 Å². The van der Waals surface area contributed by atoms with Crippen LogP contribution in [0.2, 0.25) is 0 Å². The number of methoxy groups -OCH3 is 2. The summed E-state index contributed by atoms with van der Waals surface area (Å²) >= 11 is 0. The Bertz CT molecular complexity index is 1020. The Morgan fingerprint density at radius 3 is 2.55 bits per heavy atom. The average molecular weight is 394 g/mol. The van der Waals surface area contributed by atoms with Gasteiger partial charge in [-0.25, -0.2) is 4.98 Å². The quantitative estimate of drug-likeness (QED) is 0.631. The molecule has 1 amide bonds. The van der Waals surface area contributed by atoms with Crippen molar-refractivity contribution >= 4 is 17.5 Å². The molecule has 0 atom stereocenters. The SMILES string of the molecule is CNC(=O)c1ccccc1Oc1ccnc(Nc2cc(C)c(OC)c(OC)c2)n1. The van der Waals surface area contributed by atoms with Crippen LogP contribution < -0.4 is 24.8 Å². The number of carbonyl (C=O) groups is 1. The molecule has 1 aromatic heterocycles. The molecule has 0 aliphatic rings. The number of nitrogens with zero attached hydrogens (tertiary/aromatic N) is 2. The Kier molecular flexibility index (Phi) is 6.13. The van der Waals surface area contributed by atoms with Crippen LogP contribution in [0.25, 0.3) is 0 Å². The van der Waals surface area contributed by atoms with E-state index >= 15 is 0 Å². The highest BCUT2D eigenvalue weighted by atomic mass is 16.5. The lowest BCUT2D eigenvalue weighted by molar-refractivity contribution is 0.0960. The molecule has 2 aromatic carbocycles. The van der Waals surface area contributed by atoms with Gasteiger partial charge in [-0.1, -0.05) is 12.1 Å². The maximum Gasteiger partial charge on any atom is 0.254 e. The van der Waals surface area contributed by atoms with Crippen molar-refractivity contribution in [3.63, 3.8) is 0 Å². The highest BCUT2D eigenvalue weighted by molar-refractivity contribution is 5.96. The molecule has 8 heteroatoms. The molecule has 0 radical (unpaired) electrons. The zero-order chi connectivity index (χ0) is 20.8. The number of ether oxygens (including phenoxy) is 3. The van der Waals surface area contributed by atoms with Crippen LogP contribution in [-0.2, 0) is 0 Å². The predicted octanol–water partition coefficient (Wildman–Crippen LogP) is 3.70. The molecule has 0 fully saturated rings. The number of amides is 1. The number of rotatable bonds is 7. The first kappa shape index (κ1) is 19.9. The summed E-state index contributed by atoms with van der Waals surface area (Å²) in [6.07, 6.45) is 1.57. The monoisotopic (exact) mass is 394 g/mol. The number of nitrogens with one attached hydrogen (secondary N) is 2. The Hall–Kier alpha value is -3.81. The van der Waals surface area contributed by atoms with E-state index in [2.05, 4.69) is 20.6 Å². The minimum absolute atomic E-state index is 0.242. The summed E-state index contributed by atoms with van der Waals surface area (Å²) in [4.78, 5) is 20.6. The third-order valence-electron chi connectivity index (χ3n) is 4.12. The first-order chi connectivity index (χ1) is 14.0. The second kappa shape index (κ2) is 8.92. The van der Waals surface area contributed by atoms with E-state index in [-0.39, 0.29) is 5.91 Å². The molecular formula is C21H22N4O4. The zero-order valence-electron chi connectivity index (χ0n) is 16.6. The third-order valence-corrected chi connectivity index (χ3v) is 4.12. The van der Waals surface area contributed by atoms with E-state index in [0.717, 1.165) is 11.3 Å². The molecule has 0 spiro atoms. The van der Waals surface area contributed by atoms with Gasteiger partial charge in [0.25, 0.3) is 5.91 Å². The number of anilines is 2. The smallest absolute Gasteiger partial charge is 0.254 e. The van der Waals surface area contributed by atoms with Gasteiger partial charge in [-0.05, 0) is 30.7 Å². The van der Waals surface area contributed by atoms with Crippen molar-refractivity contribution in [2.24, 2.45) is 0 Å². The van der Waals surface area contributed by atoms with E-state index in [1.54, 1.807) is 63.9 Å². The van der Waals surface area contributed by atoms with Gasteiger partial charge in [-0.2, -0.15) is 4.98 Å². The van der Waals surface area contributed by atoms with Gasteiger partial charge in [-0.3, -0.25) is 4.79 Å². The van der Waals surface area contributed by atoms with Gasteiger partial charge in [0.05, 0.1) is 19.8 Å². The number of aryl methyl sites for hydroxylation is 1. The second-order valence-electron chi connectivity index (χ2n) is 6.05. The van der Waals surface area contributed by atoms with Crippen molar-refractivity contribution in [2.45, 2.75) is 6.92 Å². The van der Waals surface area contributed by atoms with Crippen LogP contribution >= 0.6 is 0 Å². The van der Waals surface area contributed by atoms with Gasteiger partial charge in [0, 0.05) is 31.1 Å². The maximum absolute atomic E-state index is 12.0. The fraction of sp³-hybridized carbons (Fsp3) is 0.190. The van der Waals surface area contributed by atoms with Crippen LogP contribution in [0.15, 0.2) is 48.7 Å². The minimum Gasteiger partial charge on any atom is -0.493 e. The average Bonchev–Trinajstić information content (AvgIpc) is 2.73. The molecule has 29 heavy (non-hydrogen) atoms. The van der Waals surface area contributed by atoms with E-state index in [0.29, 0.717) is 34.6 Å². The number of hydrogen-bond donors (Lipinski definition) is 2. The molecule has 0 aliphatic carbocycles. The van der Waals surface area contributed by atoms with Gasteiger partial charge < -0.3 is 24.8 Å². The molecular weight excluding hydrogens is 372 g/mol. The predicted molar refractivity (Wildman–Crippen MR) is 110 cm³/mol. The fourth-order valence-electron chi connectivity index (χ4n) is 2.81. The Morgan fingerprint density at radius 2 is 1.83 bits per heavy atom. The van der Waals surface area contributed by atoms with E-state index in [1.165, 1.54) is 0 Å². The minimum atomic E-state index is -0.242. The molecule has 2 N–H and O–H groups in total. The number of hydrogen-bond acceptors (Lipinski definition) is 7. The maximum atomic E-state index is 12.0. The van der Waals surface area contributed by atoms with Crippen molar-refractivity contribution in [1.82, 2.24) is 15.3 Å². The summed E-state index contributed by atoms with van der Waals surface area (Å²) in [5.41, 5.74) is 2.06. The molecule has 0 saturated heterocycles. The standard InChI is InChI=1S/C21H22N4O4/c1-13-11-14(12-17(27-3)19(13)28-4)24-21-23-10-9-18(25-21)29-16-8-6-5-7-15(16)20(26)22-2/h5-12H,1-4H3,(H,22,26)(H,23,24,25).